The van der Waals surface area contributed by atoms with Crippen molar-refractivity contribution in [3.8, 4) is 5.69 Å². The summed E-state index contributed by atoms with van der Waals surface area (Å²) in [6.07, 6.45) is 7.90. The standard InChI is InChI=1S/C17H20N4/c1-14(2)21-13-18-11-17(21)12-19-15-6-5-7-16(10-15)20-8-3-4-9-20/h3-11,13-14,19H,12H2,1-2H3. The van der Waals surface area contributed by atoms with Crippen LogP contribution in [0.25, 0.3) is 5.69 Å². The third-order valence-electron chi connectivity index (χ3n) is 3.52. The summed E-state index contributed by atoms with van der Waals surface area (Å²) in [5, 5.41) is 3.47. The normalized spacial score (nSPS) is 11.0. The molecule has 0 saturated carbocycles. The Morgan fingerprint density at radius 2 is 1.95 bits per heavy atom. The van der Waals surface area contributed by atoms with Gasteiger partial charge in [-0.1, -0.05) is 6.07 Å². The van der Waals surface area contributed by atoms with Gasteiger partial charge in [0.1, 0.15) is 0 Å². The van der Waals surface area contributed by atoms with Crippen molar-refractivity contribution < 1.29 is 0 Å². The fourth-order valence-electron chi connectivity index (χ4n) is 2.41. The van der Waals surface area contributed by atoms with Gasteiger partial charge in [0, 0.05) is 36.0 Å². The van der Waals surface area contributed by atoms with Crippen molar-refractivity contribution in [3.63, 3.8) is 0 Å². The molecule has 2 aromatic heterocycles. The van der Waals surface area contributed by atoms with Crippen LogP contribution < -0.4 is 5.32 Å². The van der Waals surface area contributed by atoms with Crippen LogP contribution in [0, 0.1) is 0 Å². The van der Waals surface area contributed by atoms with E-state index in [1.807, 2.05) is 37.1 Å². The number of hydrogen-bond acceptors (Lipinski definition) is 2. The summed E-state index contributed by atoms with van der Waals surface area (Å²) < 4.78 is 4.28. The molecule has 0 bridgehead atoms. The highest BCUT2D eigenvalue weighted by molar-refractivity contribution is 5.51. The van der Waals surface area contributed by atoms with Crippen LogP contribution in [0.3, 0.4) is 0 Å². The fourth-order valence-corrected chi connectivity index (χ4v) is 2.41. The average molecular weight is 280 g/mol. The molecule has 4 heteroatoms. The number of nitrogens with zero attached hydrogens (tertiary/aromatic N) is 3. The second-order valence-electron chi connectivity index (χ2n) is 5.38. The van der Waals surface area contributed by atoms with E-state index in [0.29, 0.717) is 6.04 Å². The van der Waals surface area contributed by atoms with Crippen LogP contribution in [0.2, 0.25) is 0 Å². The minimum Gasteiger partial charge on any atom is -0.379 e. The van der Waals surface area contributed by atoms with Crippen LogP contribution in [-0.4, -0.2) is 14.1 Å². The average Bonchev–Trinajstić information content (AvgIpc) is 3.16. The number of hydrogen-bond donors (Lipinski definition) is 1. The van der Waals surface area contributed by atoms with Gasteiger partial charge in [0.25, 0.3) is 0 Å². The van der Waals surface area contributed by atoms with Gasteiger partial charge in [-0.15, -0.1) is 0 Å². The van der Waals surface area contributed by atoms with Gasteiger partial charge in [0.2, 0.25) is 0 Å². The van der Waals surface area contributed by atoms with Crippen molar-refractivity contribution in [1.82, 2.24) is 14.1 Å². The maximum atomic E-state index is 4.23. The van der Waals surface area contributed by atoms with Crippen LogP contribution in [0.4, 0.5) is 5.69 Å². The maximum Gasteiger partial charge on any atom is 0.0951 e. The van der Waals surface area contributed by atoms with E-state index in [1.165, 1.54) is 5.69 Å². The second-order valence-corrected chi connectivity index (χ2v) is 5.38. The highest BCUT2D eigenvalue weighted by atomic mass is 15.1. The van der Waals surface area contributed by atoms with Gasteiger partial charge < -0.3 is 14.5 Å². The van der Waals surface area contributed by atoms with E-state index in [0.717, 1.165) is 17.9 Å². The summed E-state index contributed by atoms with van der Waals surface area (Å²) in [6.45, 7) is 5.10. The topological polar surface area (TPSA) is 34.8 Å². The molecule has 0 aliphatic carbocycles. The zero-order chi connectivity index (χ0) is 14.7. The molecule has 0 atom stereocenters. The smallest absolute Gasteiger partial charge is 0.0951 e. The molecule has 0 saturated heterocycles. The van der Waals surface area contributed by atoms with E-state index in [2.05, 4.69) is 57.5 Å². The summed E-state index contributed by atoms with van der Waals surface area (Å²) in [4.78, 5) is 4.23. The van der Waals surface area contributed by atoms with Gasteiger partial charge in [-0.05, 0) is 44.2 Å². The van der Waals surface area contributed by atoms with Crippen molar-refractivity contribution in [2.24, 2.45) is 0 Å². The second kappa shape index (κ2) is 5.87. The summed E-state index contributed by atoms with van der Waals surface area (Å²) in [5.74, 6) is 0. The van der Waals surface area contributed by atoms with Crippen LogP contribution in [0.5, 0.6) is 0 Å². The Labute approximate surface area is 125 Å². The number of imidazole rings is 1. The predicted molar refractivity (Wildman–Crippen MR) is 85.7 cm³/mol. The molecule has 0 aliphatic rings. The van der Waals surface area contributed by atoms with Gasteiger partial charge in [0.15, 0.2) is 0 Å². The van der Waals surface area contributed by atoms with Crippen LogP contribution in [0.1, 0.15) is 25.6 Å². The molecular weight excluding hydrogens is 260 g/mol. The van der Waals surface area contributed by atoms with Crippen LogP contribution >= 0.6 is 0 Å². The predicted octanol–water partition coefficient (Wildman–Crippen LogP) is 3.87. The Balaban J connectivity index is 1.74. The molecule has 21 heavy (non-hydrogen) atoms. The number of benzene rings is 1. The van der Waals surface area contributed by atoms with Crippen molar-refractivity contribution in [2.45, 2.75) is 26.4 Å². The van der Waals surface area contributed by atoms with Crippen molar-refractivity contribution in [3.05, 3.63) is 67.0 Å². The number of nitrogens with one attached hydrogen (secondary N) is 1. The summed E-state index contributed by atoms with van der Waals surface area (Å²) in [7, 11) is 0. The van der Waals surface area contributed by atoms with Crippen molar-refractivity contribution in [2.75, 3.05) is 5.32 Å². The van der Waals surface area contributed by atoms with Crippen molar-refractivity contribution >= 4 is 5.69 Å². The SMILES string of the molecule is CC(C)n1cncc1CNc1cccc(-n2cccc2)c1. The lowest BCUT2D eigenvalue weighted by Gasteiger charge is -2.13. The Bertz CT molecular complexity index is 695. The first-order valence-electron chi connectivity index (χ1n) is 7.22. The molecule has 0 unspecified atom stereocenters. The molecule has 3 rings (SSSR count). The van der Waals surface area contributed by atoms with Gasteiger partial charge >= 0.3 is 0 Å². The number of anilines is 1. The van der Waals surface area contributed by atoms with Gasteiger partial charge in [0.05, 0.1) is 18.6 Å². The quantitative estimate of drug-likeness (QED) is 0.770. The van der Waals surface area contributed by atoms with Gasteiger partial charge in [-0.3, -0.25) is 0 Å². The largest absolute Gasteiger partial charge is 0.379 e. The Hall–Kier alpha value is -2.49. The summed E-state index contributed by atoms with van der Waals surface area (Å²) in [6, 6.07) is 12.9. The Morgan fingerprint density at radius 1 is 1.14 bits per heavy atom. The zero-order valence-corrected chi connectivity index (χ0v) is 12.4. The van der Waals surface area contributed by atoms with Crippen LogP contribution in [0.15, 0.2) is 61.3 Å². The molecule has 1 N–H and O–H groups in total. The van der Waals surface area contributed by atoms with Crippen LogP contribution in [-0.2, 0) is 6.54 Å². The molecule has 108 valence electrons. The minimum absolute atomic E-state index is 0.426. The lowest BCUT2D eigenvalue weighted by molar-refractivity contribution is 0.577. The highest BCUT2D eigenvalue weighted by Gasteiger charge is 2.05. The Kier molecular flexibility index (Phi) is 3.77. The molecule has 0 spiro atoms. The molecule has 0 fully saturated rings. The molecule has 0 aliphatic heterocycles. The monoisotopic (exact) mass is 280 g/mol. The van der Waals surface area contributed by atoms with Gasteiger partial charge in [-0.2, -0.15) is 0 Å². The molecule has 4 nitrogen and oxygen atoms in total. The molecule has 0 radical (unpaired) electrons. The number of aromatic nitrogens is 3. The lowest BCUT2D eigenvalue weighted by Crippen LogP contribution is -2.08. The van der Waals surface area contributed by atoms with E-state index in [9.17, 15) is 0 Å². The third kappa shape index (κ3) is 2.99. The molecule has 3 aromatic rings. The summed E-state index contributed by atoms with van der Waals surface area (Å²) in [5.41, 5.74) is 3.46. The molecular formula is C17H20N4. The highest BCUT2D eigenvalue weighted by Crippen LogP contribution is 2.16. The minimum atomic E-state index is 0.426. The first-order chi connectivity index (χ1) is 10.2. The maximum absolute atomic E-state index is 4.23. The Morgan fingerprint density at radius 3 is 2.71 bits per heavy atom. The van der Waals surface area contributed by atoms with E-state index in [-0.39, 0.29) is 0 Å². The van der Waals surface area contributed by atoms with E-state index < -0.39 is 0 Å². The van der Waals surface area contributed by atoms with Gasteiger partial charge in [-0.25, -0.2) is 4.98 Å². The zero-order valence-electron chi connectivity index (χ0n) is 12.4. The lowest BCUT2D eigenvalue weighted by atomic mass is 10.2. The first kappa shape index (κ1) is 13.5. The number of rotatable bonds is 5. The van der Waals surface area contributed by atoms with E-state index in [4.69, 9.17) is 0 Å². The molecule has 0 amide bonds. The molecule has 2 heterocycles. The molecule has 1 aromatic carbocycles. The fraction of sp³-hybridized carbons (Fsp3) is 0.235. The van der Waals surface area contributed by atoms with Crippen molar-refractivity contribution in [1.29, 1.82) is 0 Å². The third-order valence-corrected chi connectivity index (χ3v) is 3.52. The first-order valence-corrected chi connectivity index (χ1v) is 7.22. The summed E-state index contributed by atoms with van der Waals surface area (Å²) >= 11 is 0. The van der Waals surface area contributed by atoms with E-state index in [1.54, 1.807) is 0 Å². The van der Waals surface area contributed by atoms with E-state index >= 15 is 0 Å².